The molecule has 0 aliphatic heterocycles. The van der Waals surface area contributed by atoms with E-state index in [-0.39, 0.29) is 11.9 Å². The summed E-state index contributed by atoms with van der Waals surface area (Å²) < 4.78 is 19.6. The highest BCUT2D eigenvalue weighted by Gasteiger charge is 2.20. The minimum atomic E-state index is -0.335. The average molecular weight is 302 g/mol. The maximum absolute atomic E-state index is 13.4. The van der Waals surface area contributed by atoms with Crippen LogP contribution in [0.15, 0.2) is 16.6 Å². The molecule has 0 amide bonds. The minimum Gasteiger partial charge on any atom is -0.488 e. The molecular weight excluding hydrogens is 285 g/mol. The fourth-order valence-corrected chi connectivity index (χ4v) is 2.53. The van der Waals surface area contributed by atoms with Gasteiger partial charge in [0.15, 0.2) is 0 Å². The second-order valence-electron chi connectivity index (χ2n) is 4.80. The van der Waals surface area contributed by atoms with Gasteiger partial charge >= 0.3 is 0 Å². The van der Waals surface area contributed by atoms with Gasteiger partial charge in [-0.2, -0.15) is 0 Å². The highest BCUT2D eigenvalue weighted by molar-refractivity contribution is 9.10. The monoisotopic (exact) mass is 301 g/mol. The van der Waals surface area contributed by atoms with Gasteiger partial charge in [0, 0.05) is 6.07 Å². The molecule has 2 rings (SSSR count). The van der Waals surface area contributed by atoms with E-state index in [1.165, 1.54) is 18.9 Å². The van der Waals surface area contributed by atoms with Crippen molar-refractivity contribution >= 4 is 21.6 Å². The summed E-state index contributed by atoms with van der Waals surface area (Å²) in [5.74, 6) is 0.900. The van der Waals surface area contributed by atoms with Gasteiger partial charge < -0.3 is 10.5 Å². The van der Waals surface area contributed by atoms with E-state index < -0.39 is 0 Å². The molecule has 1 aliphatic rings. The lowest BCUT2D eigenvalue weighted by Gasteiger charge is -2.27. The zero-order chi connectivity index (χ0) is 12.4. The van der Waals surface area contributed by atoms with Crippen molar-refractivity contribution < 1.29 is 9.13 Å². The number of hydrogen-bond donors (Lipinski definition) is 1. The number of hydrogen-bond acceptors (Lipinski definition) is 2. The van der Waals surface area contributed by atoms with E-state index in [1.807, 2.05) is 0 Å². The fourth-order valence-electron chi connectivity index (χ4n) is 2.17. The van der Waals surface area contributed by atoms with Crippen molar-refractivity contribution in [1.29, 1.82) is 0 Å². The van der Waals surface area contributed by atoms with Crippen LogP contribution >= 0.6 is 15.9 Å². The van der Waals surface area contributed by atoms with Crippen LogP contribution in [0.1, 0.15) is 32.6 Å². The molecule has 0 radical (unpaired) electrons. The Kier molecular flexibility index (Phi) is 3.92. The van der Waals surface area contributed by atoms with Crippen LogP contribution in [-0.4, -0.2) is 6.10 Å². The highest BCUT2D eigenvalue weighted by atomic mass is 79.9. The smallest absolute Gasteiger partial charge is 0.145 e. The number of ether oxygens (including phenoxy) is 1. The lowest BCUT2D eigenvalue weighted by molar-refractivity contribution is 0.136. The molecule has 1 saturated carbocycles. The zero-order valence-electron chi connectivity index (χ0n) is 9.88. The summed E-state index contributed by atoms with van der Waals surface area (Å²) in [5, 5.41) is 0. The number of nitrogen functional groups attached to an aromatic ring is 1. The quantitative estimate of drug-likeness (QED) is 0.834. The van der Waals surface area contributed by atoms with Gasteiger partial charge in [0.05, 0.1) is 16.3 Å². The minimum absolute atomic E-state index is 0.175. The SMILES string of the molecule is CC1CCC(Oc2cc(F)c(Br)cc2N)CC1. The van der Waals surface area contributed by atoms with E-state index in [0.29, 0.717) is 15.9 Å². The first-order chi connectivity index (χ1) is 8.06. The Morgan fingerprint density at radius 1 is 1.29 bits per heavy atom. The zero-order valence-corrected chi connectivity index (χ0v) is 11.5. The summed E-state index contributed by atoms with van der Waals surface area (Å²) in [7, 11) is 0. The lowest BCUT2D eigenvalue weighted by Crippen LogP contribution is -2.23. The molecule has 0 atom stereocenters. The Bertz CT molecular complexity index is 403. The summed E-state index contributed by atoms with van der Waals surface area (Å²) in [5.41, 5.74) is 6.30. The van der Waals surface area contributed by atoms with Crippen molar-refractivity contribution in [3.63, 3.8) is 0 Å². The van der Waals surface area contributed by atoms with E-state index in [9.17, 15) is 4.39 Å². The van der Waals surface area contributed by atoms with Crippen LogP contribution in [0.3, 0.4) is 0 Å². The van der Waals surface area contributed by atoms with Gasteiger partial charge in [-0.1, -0.05) is 6.92 Å². The van der Waals surface area contributed by atoms with Gasteiger partial charge in [0.25, 0.3) is 0 Å². The van der Waals surface area contributed by atoms with Gasteiger partial charge in [-0.25, -0.2) is 4.39 Å². The summed E-state index contributed by atoms with van der Waals surface area (Å²) >= 11 is 3.10. The highest BCUT2D eigenvalue weighted by Crippen LogP contribution is 2.32. The first-order valence-corrected chi connectivity index (χ1v) is 6.76. The first kappa shape index (κ1) is 12.7. The molecular formula is C13H17BrFNO. The molecule has 1 aliphatic carbocycles. The predicted molar refractivity (Wildman–Crippen MR) is 70.6 cm³/mol. The van der Waals surface area contributed by atoms with Gasteiger partial charge in [0.1, 0.15) is 11.6 Å². The third-order valence-electron chi connectivity index (χ3n) is 3.31. The van der Waals surface area contributed by atoms with Crippen LogP contribution in [0.5, 0.6) is 5.75 Å². The van der Waals surface area contributed by atoms with Crippen molar-refractivity contribution in [3.8, 4) is 5.75 Å². The molecule has 94 valence electrons. The molecule has 0 aromatic heterocycles. The first-order valence-electron chi connectivity index (χ1n) is 5.97. The van der Waals surface area contributed by atoms with Gasteiger partial charge in [-0.3, -0.25) is 0 Å². The van der Waals surface area contributed by atoms with E-state index in [1.54, 1.807) is 6.07 Å². The largest absolute Gasteiger partial charge is 0.488 e. The summed E-state index contributed by atoms with van der Waals surface area (Å²) in [4.78, 5) is 0. The predicted octanol–water partition coefficient (Wildman–Crippen LogP) is 4.13. The molecule has 0 bridgehead atoms. The maximum Gasteiger partial charge on any atom is 0.145 e. The molecule has 2 N–H and O–H groups in total. The van der Waals surface area contributed by atoms with E-state index >= 15 is 0 Å². The number of halogens is 2. The topological polar surface area (TPSA) is 35.2 Å². The van der Waals surface area contributed by atoms with Gasteiger partial charge in [0.2, 0.25) is 0 Å². The van der Waals surface area contributed by atoms with Crippen LogP contribution in [0.25, 0.3) is 0 Å². The summed E-state index contributed by atoms with van der Waals surface area (Å²) in [6.45, 7) is 2.25. The third kappa shape index (κ3) is 3.12. The lowest BCUT2D eigenvalue weighted by atomic mass is 9.89. The van der Waals surface area contributed by atoms with Crippen molar-refractivity contribution in [2.45, 2.75) is 38.7 Å². The molecule has 0 unspecified atom stereocenters. The number of nitrogens with two attached hydrogens (primary N) is 1. The Morgan fingerprint density at radius 3 is 2.59 bits per heavy atom. The van der Waals surface area contributed by atoms with E-state index in [2.05, 4.69) is 22.9 Å². The molecule has 4 heteroatoms. The van der Waals surface area contributed by atoms with Crippen molar-refractivity contribution in [2.24, 2.45) is 5.92 Å². The van der Waals surface area contributed by atoms with E-state index in [4.69, 9.17) is 10.5 Å². The Morgan fingerprint density at radius 2 is 1.94 bits per heavy atom. The number of benzene rings is 1. The van der Waals surface area contributed by atoms with Crippen LogP contribution in [-0.2, 0) is 0 Å². The third-order valence-corrected chi connectivity index (χ3v) is 3.92. The number of rotatable bonds is 2. The molecule has 0 saturated heterocycles. The van der Waals surface area contributed by atoms with Crippen LogP contribution in [0.4, 0.5) is 10.1 Å². The van der Waals surface area contributed by atoms with E-state index in [0.717, 1.165) is 18.8 Å². The Labute approximate surface area is 109 Å². The molecule has 1 fully saturated rings. The second-order valence-corrected chi connectivity index (χ2v) is 5.66. The average Bonchev–Trinajstić information content (AvgIpc) is 2.29. The van der Waals surface area contributed by atoms with Gasteiger partial charge in [-0.15, -0.1) is 0 Å². The Hall–Kier alpha value is -0.770. The molecule has 0 spiro atoms. The number of anilines is 1. The van der Waals surface area contributed by atoms with Crippen LogP contribution in [0, 0.1) is 11.7 Å². The van der Waals surface area contributed by atoms with Gasteiger partial charge in [-0.05, 0) is 53.6 Å². The summed E-state index contributed by atoms with van der Waals surface area (Å²) in [6, 6.07) is 2.91. The standard InChI is InChI=1S/C13H17BrFNO/c1-8-2-4-9(5-3-8)17-13-7-11(15)10(14)6-12(13)16/h6-9H,2-5,16H2,1H3. The molecule has 2 nitrogen and oxygen atoms in total. The fraction of sp³-hybridized carbons (Fsp3) is 0.538. The Balaban J connectivity index is 2.06. The van der Waals surface area contributed by atoms with Crippen molar-refractivity contribution in [1.82, 2.24) is 0 Å². The molecule has 1 aromatic rings. The normalized spacial score (nSPS) is 24.6. The maximum atomic E-state index is 13.4. The molecule has 1 aromatic carbocycles. The van der Waals surface area contributed by atoms with Crippen molar-refractivity contribution in [2.75, 3.05) is 5.73 Å². The van der Waals surface area contributed by atoms with Crippen LogP contribution in [0.2, 0.25) is 0 Å². The van der Waals surface area contributed by atoms with Crippen molar-refractivity contribution in [3.05, 3.63) is 22.4 Å². The molecule has 17 heavy (non-hydrogen) atoms. The molecule has 0 heterocycles. The second kappa shape index (κ2) is 5.25. The summed E-state index contributed by atoms with van der Waals surface area (Å²) in [6.07, 6.45) is 4.57. The van der Waals surface area contributed by atoms with Crippen LogP contribution < -0.4 is 10.5 Å².